The summed E-state index contributed by atoms with van der Waals surface area (Å²) < 4.78 is 38.8. The third-order valence-corrected chi connectivity index (χ3v) is 4.68. The number of fused-ring (bicyclic) bond motifs is 1. The first-order valence-corrected chi connectivity index (χ1v) is 8.77. The van der Waals surface area contributed by atoms with Gasteiger partial charge in [-0.3, -0.25) is 9.78 Å². The van der Waals surface area contributed by atoms with Crippen molar-refractivity contribution in [2.45, 2.75) is 38.9 Å². The van der Waals surface area contributed by atoms with Crippen LogP contribution in [0.25, 0.3) is 10.9 Å². The molecular formula is C19H22F3N3O. The SMILES string of the molecule is CC(C)C(=O)NC1CCCN(c2ccnc3cc(C(F)(F)F)ccc23)C1. The summed E-state index contributed by atoms with van der Waals surface area (Å²) in [5.74, 6) is -0.0563. The van der Waals surface area contributed by atoms with E-state index in [4.69, 9.17) is 0 Å². The van der Waals surface area contributed by atoms with Crippen LogP contribution in [0.2, 0.25) is 0 Å². The molecule has 1 unspecified atom stereocenters. The molecule has 2 aromatic rings. The standard InChI is InChI=1S/C19H22F3N3O/c1-12(2)18(26)24-14-4-3-9-25(11-14)17-7-8-23-16-10-13(19(20,21)22)5-6-15(16)17/h5-8,10,12,14H,3-4,9,11H2,1-2H3,(H,24,26). The lowest BCUT2D eigenvalue weighted by Gasteiger charge is -2.35. The number of aromatic nitrogens is 1. The highest BCUT2D eigenvalue weighted by Gasteiger charge is 2.31. The molecule has 0 aliphatic carbocycles. The molecule has 1 aromatic heterocycles. The number of nitrogens with one attached hydrogen (secondary N) is 1. The third-order valence-electron chi connectivity index (χ3n) is 4.68. The number of carbonyl (C=O) groups is 1. The van der Waals surface area contributed by atoms with Crippen LogP contribution in [-0.4, -0.2) is 30.0 Å². The van der Waals surface area contributed by atoms with Crippen molar-refractivity contribution in [3.8, 4) is 0 Å². The number of hydrogen-bond donors (Lipinski definition) is 1. The molecule has 0 bridgehead atoms. The molecule has 0 radical (unpaired) electrons. The van der Waals surface area contributed by atoms with Gasteiger partial charge in [0.2, 0.25) is 5.91 Å². The number of pyridine rings is 1. The van der Waals surface area contributed by atoms with E-state index in [0.29, 0.717) is 17.4 Å². The molecule has 1 saturated heterocycles. The topological polar surface area (TPSA) is 45.2 Å². The van der Waals surface area contributed by atoms with Crippen molar-refractivity contribution in [2.24, 2.45) is 5.92 Å². The van der Waals surface area contributed by atoms with E-state index < -0.39 is 11.7 Å². The molecule has 26 heavy (non-hydrogen) atoms. The monoisotopic (exact) mass is 365 g/mol. The van der Waals surface area contributed by atoms with Gasteiger partial charge in [0.1, 0.15) is 0 Å². The van der Waals surface area contributed by atoms with Crippen LogP contribution in [0, 0.1) is 5.92 Å². The summed E-state index contributed by atoms with van der Waals surface area (Å²) in [7, 11) is 0. The highest BCUT2D eigenvalue weighted by Crippen LogP contribution is 2.34. The summed E-state index contributed by atoms with van der Waals surface area (Å²) in [6.45, 7) is 5.14. The molecule has 3 rings (SSSR count). The fraction of sp³-hybridized carbons (Fsp3) is 0.474. The Kier molecular flexibility index (Phi) is 5.07. The molecule has 1 fully saturated rings. The Morgan fingerprint density at radius 1 is 1.31 bits per heavy atom. The number of amides is 1. The molecule has 0 spiro atoms. The first-order valence-electron chi connectivity index (χ1n) is 8.77. The molecule has 140 valence electrons. The Labute approximate surface area is 150 Å². The van der Waals surface area contributed by atoms with E-state index in [9.17, 15) is 18.0 Å². The zero-order chi connectivity index (χ0) is 18.9. The van der Waals surface area contributed by atoms with Gasteiger partial charge in [-0.15, -0.1) is 0 Å². The van der Waals surface area contributed by atoms with Gasteiger partial charge in [0.05, 0.1) is 11.1 Å². The van der Waals surface area contributed by atoms with Gasteiger partial charge < -0.3 is 10.2 Å². The first-order chi connectivity index (χ1) is 12.3. The Morgan fingerprint density at radius 3 is 2.77 bits per heavy atom. The van der Waals surface area contributed by atoms with E-state index in [0.717, 1.165) is 37.2 Å². The van der Waals surface area contributed by atoms with Gasteiger partial charge in [-0.1, -0.05) is 19.9 Å². The number of carbonyl (C=O) groups excluding carboxylic acids is 1. The summed E-state index contributed by atoms with van der Waals surface area (Å²) in [6.07, 6.45) is -1.04. The van der Waals surface area contributed by atoms with Crippen molar-refractivity contribution in [2.75, 3.05) is 18.0 Å². The number of anilines is 1. The molecule has 0 saturated carbocycles. The summed E-state index contributed by atoms with van der Waals surface area (Å²) in [6, 6.07) is 5.52. The minimum Gasteiger partial charge on any atom is -0.369 e. The summed E-state index contributed by atoms with van der Waals surface area (Å²) in [5.41, 5.74) is 0.480. The van der Waals surface area contributed by atoms with Crippen molar-refractivity contribution < 1.29 is 18.0 Å². The molecule has 1 aromatic carbocycles. The molecular weight excluding hydrogens is 343 g/mol. The van der Waals surface area contributed by atoms with Gasteiger partial charge in [0.25, 0.3) is 0 Å². The maximum Gasteiger partial charge on any atom is 0.416 e. The van der Waals surface area contributed by atoms with E-state index in [1.54, 1.807) is 0 Å². The number of nitrogens with zero attached hydrogens (tertiary/aromatic N) is 2. The maximum absolute atomic E-state index is 12.9. The molecule has 1 amide bonds. The van der Waals surface area contributed by atoms with Gasteiger partial charge in [-0.05, 0) is 31.0 Å². The van der Waals surface area contributed by atoms with Crippen LogP contribution in [0.5, 0.6) is 0 Å². The molecule has 1 N–H and O–H groups in total. The van der Waals surface area contributed by atoms with Crippen LogP contribution in [0.1, 0.15) is 32.3 Å². The second-order valence-corrected chi connectivity index (χ2v) is 7.01. The zero-order valence-corrected chi connectivity index (χ0v) is 14.8. The lowest BCUT2D eigenvalue weighted by molar-refractivity contribution is -0.137. The van der Waals surface area contributed by atoms with Crippen molar-refractivity contribution >= 4 is 22.5 Å². The average Bonchev–Trinajstić information content (AvgIpc) is 2.60. The second kappa shape index (κ2) is 7.13. The molecule has 2 heterocycles. The smallest absolute Gasteiger partial charge is 0.369 e. The fourth-order valence-corrected chi connectivity index (χ4v) is 3.27. The zero-order valence-electron chi connectivity index (χ0n) is 14.8. The maximum atomic E-state index is 12.9. The highest BCUT2D eigenvalue weighted by atomic mass is 19.4. The summed E-state index contributed by atoms with van der Waals surface area (Å²) >= 11 is 0. The lowest BCUT2D eigenvalue weighted by atomic mass is 10.0. The highest BCUT2D eigenvalue weighted by molar-refractivity contribution is 5.92. The van der Waals surface area contributed by atoms with Gasteiger partial charge in [0.15, 0.2) is 0 Å². The number of rotatable bonds is 3. The minimum absolute atomic E-state index is 0.0197. The van der Waals surface area contributed by atoms with Crippen LogP contribution < -0.4 is 10.2 Å². The van der Waals surface area contributed by atoms with Crippen molar-refractivity contribution in [1.29, 1.82) is 0 Å². The number of piperidine rings is 1. The first kappa shape index (κ1) is 18.5. The van der Waals surface area contributed by atoms with E-state index in [-0.39, 0.29) is 17.9 Å². The van der Waals surface area contributed by atoms with E-state index in [1.807, 2.05) is 19.9 Å². The Morgan fingerprint density at radius 2 is 2.08 bits per heavy atom. The summed E-state index contributed by atoms with van der Waals surface area (Å²) in [5, 5.41) is 3.74. The van der Waals surface area contributed by atoms with E-state index in [2.05, 4.69) is 15.2 Å². The predicted molar refractivity (Wildman–Crippen MR) is 95.0 cm³/mol. The Bertz CT molecular complexity index is 804. The Hall–Kier alpha value is -2.31. The van der Waals surface area contributed by atoms with Crippen LogP contribution in [0.15, 0.2) is 30.5 Å². The summed E-state index contributed by atoms with van der Waals surface area (Å²) in [4.78, 5) is 18.2. The van der Waals surface area contributed by atoms with Crippen LogP contribution >= 0.6 is 0 Å². The number of halogens is 3. The van der Waals surface area contributed by atoms with Gasteiger partial charge in [0, 0.05) is 42.3 Å². The molecule has 7 heteroatoms. The van der Waals surface area contributed by atoms with E-state index >= 15 is 0 Å². The van der Waals surface area contributed by atoms with Crippen molar-refractivity contribution in [3.05, 3.63) is 36.0 Å². The number of hydrogen-bond acceptors (Lipinski definition) is 3. The predicted octanol–water partition coefficient (Wildman–Crippen LogP) is 3.99. The minimum atomic E-state index is -4.39. The normalized spacial score (nSPS) is 18.4. The molecule has 1 atom stereocenters. The lowest BCUT2D eigenvalue weighted by Crippen LogP contribution is -2.48. The molecule has 4 nitrogen and oxygen atoms in total. The average molecular weight is 365 g/mol. The number of benzene rings is 1. The van der Waals surface area contributed by atoms with Gasteiger partial charge in [-0.25, -0.2) is 0 Å². The van der Waals surface area contributed by atoms with Gasteiger partial charge >= 0.3 is 6.18 Å². The molecule has 1 aliphatic rings. The van der Waals surface area contributed by atoms with Gasteiger partial charge in [-0.2, -0.15) is 13.2 Å². The van der Waals surface area contributed by atoms with Crippen LogP contribution in [-0.2, 0) is 11.0 Å². The fourth-order valence-electron chi connectivity index (χ4n) is 3.27. The second-order valence-electron chi connectivity index (χ2n) is 7.01. The van der Waals surface area contributed by atoms with Crippen LogP contribution in [0.4, 0.5) is 18.9 Å². The largest absolute Gasteiger partial charge is 0.416 e. The third kappa shape index (κ3) is 3.92. The van der Waals surface area contributed by atoms with Crippen LogP contribution in [0.3, 0.4) is 0 Å². The quantitative estimate of drug-likeness (QED) is 0.894. The molecule has 1 aliphatic heterocycles. The Balaban J connectivity index is 1.86. The van der Waals surface area contributed by atoms with E-state index in [1.165, 1.54) is 12.3 Å². The van der Waals surface area contributed by atoms with Crippen molar-refractivity contribution in [3.63, 3.8) is 0 Å². The number of alkyl halides is 3. The van der Waals surface area contributed by atoms with Crippen molar-refractivity contribution in [1.82, 2.24) is 10.3 Å².